The van der Waals surface area contributed by atoms with Crippen molar-refractivity contribution in [1.82, 2.24) is 0 Å². The van der Waals surface area contributed by atoms with E-state index >= 15 is 0 Å². The molecular weight excluding hydrogens is 774 g/mol. The molecular formula is C48H54Cl3Zr. The van der Waals surface area contributed by atoms with Crippen molar-refractivity contribution >= 4 is 26.0 Å². The van der Waals surface area contributed by atoms with E-state index in [0.29, 0.717) is 0 Å². The summed E-state index contributed by atoms with van der Waals surface area (Å²) in [5.74, 6) is 0. The Kier molecular flexibility index (Phi) is 12.1. The van der Waals surface area contributed by atoms with E-state index in [1.165, 1.54) is 105 Å². The fraction of sp³-hybridized carbons (Fsp3) is 0.375. The van der Waals surface area contributed by atoms with Gasteiger partial charge in [0.05, 0.1) is 0 Å². The Morgan fingerprint density at radius 1 is 0.635 bits per heavy atom. The van der Waals surface area contributed by atoms with Crippen molar-refractivity contribution in [1.29, 1.82) is 0 Å². The van der Waals surface area contributed by atoms with Crippen LogP contribution in [0.2, 0.25) is 5.02 Å². The molecule has 4 aromatic rings. The third-order valence-electron chi connectivity index (χ3n) is 10.4. The van der Waals surface area contributed by atoms with E-state index in [9.17, 15) is 0 Å². The van der Waals surface area contributed by atoms with Crippen LogP contribution in [-0.4, -0.2) is 0 Å². The molecule has 0 aliphatic heterocycles. The summed E-state index contributed by atoms with van der Waals surface area (Å²) in [6.07, 6.45) is 7.93. The fourth-order valence-electron chi connectivity index (χ4n) is 8.18. The molecule has 52 heavy (non-hydrogen) atoms. The summed E-state index contributed by atoms with van der Waals surface area (Å²) in [7, 11) is 0. The predicted octanol–water partition coefficient (Wildman–Crippen LogP) is 5.74. The van der Waals surface area contributed by atoms with Crippen LogP contribution < -0.4 is 35.3 Å². The van der Waals surface area contributed by atoms with Crippen LogP contribution in [0.4, 0.5) is 0 Å². The number of halogens is 3. The minimum atomic E-state index is -0.162. The molecule has 0 N–H and O–H groups in total. The molecule has 0 fully saturated rings. The summed E-state index contributed by atoms with van der Waals surface area (Å²) in [6.45, 7) is 31.0. The van der Waals surface area contributed by atoms with E-state index in [0.717, 1.165) is 17.0 Å². The van der Waals surface area contributed by atoms with Crippen LogP contribution in [-0.2, 0) is 46.4 Å². The Bertz CT molecular complexity index is 2330. The van der Waals surface area contributed by atoms with Crippen molar-refractivity contribution in [2.24, 2.45) is 0 Å². The van der Waals surface area contributed by atoms with Crippen LogP contribution in [0.5, 0.6) is 0 Å². The smallest absolute Gasteiger partial charge is 1.00 e. The van der Waals surface area contributed by atoms with Gasteiger partial charge in [0.25, 0.3) is 0 Å². The molecule has 2 aliphatic carbocycles. The topological polar surface area (TPSA) is 0 Å². The van der Waals surface area contributed by atoms with Crippen molar-refractivity contribution in [3.63, 3.8) is 0 Å². The van der Waals surface area contributed by atoms with Gasteiger partial charge in [0.1, 0.15) is 0 Å². The van der Waals surface area contributed by atoms with Gasteiger partial charge in [-0.3, -0.25) is 0 Å². The molecule has 6 rings (SSSR count). The molecule has 0 saturated heterocycles. The maximum Gasteiger partial charge on any atom is -1.00 e. The number of hydrogen-bond donors (Lipinski definition) is 0. The summed E-state index contributed by atoms with van der Waals surface area (Å²) >= 11 is 8.31. The van der Waals surface area contributed by atoms with Crippen LogP contribution >= 0.6 is 11.6 Å². The van der Waals surface area contributed by atoms with E-state index in [1.807, 2.05) is 6.07 Å². The Morgan fingerprint density at radius 3 is 1.67 bits per heavy atom. The van der Waals surface area contributed by atoms with Crippen LogP contribution in [0.15, 0.2) is 78.9 Å². The van der Waals surface area contributed by atoms with Crippen molar-refractivity contribution in [3.05, 3.63) is 155 Å². The predicted molar refractivity (Wildman–Crippen MR) is 213 cm³/mol. The summed E-state index contributed by atoms with van der Waals surface area (Å²) in [5.41, 5.74) is 14.8. The van der Waals surface area contributed by atoms with Gasteiger partial charge in [0.15, 0.2) is 0 Å². The molecule has 0 bridgehead atoms. The molecule has 0 spiro atoms. The monoisotopic (exact) mass is 825 g/mol. The first kappa shape index (κ1) is 42.6. The van der Waals surface area contributed by atoms with Crippen molar-refractivity contribution in [2.75, 3.05) is 0 Å². The standard InChI is InChI=1S/C48H54Cl.2ClH.Zr/c1-29-21-23-31(24-22-29)39(32-19-16-20-34(49)25-32)42-41-35-28-38(46(5,6)7)37(45(2,3)4)27-33(35)26-36(41)40(30-17-14-15-18-30)43(47(8,9)10)44(42)48(11,12)13;;;/h14-17,19-25,27-28H,18H2,1-13H3;2*1H;/q;;;+2/p-2. The Hall–Kier alpha value is -2.15. The number of aryl methyl sites for hydroxylation is 1. The maximum atomic E-state index is 6.86. The molecule has 0 nitrogen and oxygen atoms in total. The molecule has 0 atom stereocenters. The van der Waals surface area contributed by atoms with Crippen LogP contribution in [0.3, 0.4) is 0 Å². The molecule has 2 aliphatic rings. The number of rotatable bonds is 3. The second-order valence-corrected chi connectivity index (χ2v) is 20.3. The van der Waals surface area contributed by atoms with Crippen molar-refractivity contribution in [3.8, 4) is 0 Å². The van der Waals surface area contributed by atoms with E-state index < -0.39 is 0 Å². The summed E-state index contributed by atoms with van der Waals surface area (Å²) in [4.78, 5) is 0. The van der Waals surface area contributed by atoms with E-state index in [1.54, 1.807) is 0 Å². The summed E-state index contributed by atoms with van der Waals surface area (Å²) in [5, 5.41) is 6.30. The van der Waals surface area contributed by atoms with Gasteiger partial charge in [-0.2, -0.15) is 0 Å². The maximum absolute atomic E-state index is 6.86. The largest absolute Gasteiger partial charge is 1.00 e. The molecule has 271 valence electrons. The first-order valence-electron chi connectivity index (χ1n) is 18.2. The van der Waals surface area contributed by atoms with Gasteiger partial charge in [-0.25, -0.2) is 0 Å². The molecule has 0 amide bonds. The van der Waals surface area contributed by atoms with Gasteiger partial charge in [0.2, 0.25) is 0 Å². The van der Waals surface area contributed by atoms with Crippen molar-refractivity contribution < 1.29 is 49.5 Å². The van der Waals surface area contributed by atoms with Gasteiger partial charge in [-0.05, 0) is 0 Å². The van der Waals surface area contributed by atoms with Crippen LogP contribution in [0, 0.1) is 17.4 Å². The molecule has 4 aromatic carbocycles. The number of allylic oxidation sites excluding steroid dienone is 4. The molecule has 0 radical (unpaired) electrons. The quantitative estimate of drug-likeness (QED) is 0.248. The zero-order valence-electron chi connectivity index (χ0n) is 33.3. The summed E-state index contributed by atoms with van der Waals surface area (Å²) < 4.78 is 1.47. The normalized spacial score (nSPS) is 14.8. The zero-order valence-corrected chi connectivity index (χ0v) is 38.1. The molecule has 0 saturated carbocycles. The average molecular weight is 829 g/mol. The van der Waals surface area contributed by atoms with Gasteiger partial charge < -0.3 is 24.8 Å². The minimum absolute atomic E-state index is 0. The van der Waals surface area contributed by atoms with Crippen LogP contribution in [0.25, 0.3) is 14.4 Å². The van der Waals surface area contributed by atoms with Gasteiger partial charge in [-0.1, -0.05) is 0 Å². The van der Waals surface area contributed by atoms with Crippen molar-refractivity contribution in [2.45, 2.75) is 118 Å². The molecule has 0 aromatic heterocycles. The molecule has 0 heterocycles. The second kappa shape index (κ2) is 14.8. The van der Waals surface area contributed by atoms with Gasteiger partial charge in [-0.15, -0.1) is 0 Å². The Balaban J connectivity index is 0.00000302. The molecule has 4 heteroatoms. The van der Waals surface area contributed by atoms with E-state index in [2.05, 4.69) is 163 Å². The van der Waals surface area contributed by atoms with Gasteiger partial charge >= 0.3 is 324 Å². The fourth-order valence-corrected chi connectivity index (χ4v) is 9.49. The number of hydrogen-bond acceptors (Lipinski definition) is 0. The van der Waals surface area contributed by atoms with E-state index in [4.69, 9.17) is 11.6 Å². The molecule has 0 unspecified atom stereocenters. The third kappa shape index (κ3) is 7.69. The average Bonchev–Trinajstić information content (AvgIpc) is 3.62. The number of fused-ring (bicyclic) bond motifs is 2. The second-order valence-electron chi connectivity index (χ2n) is 18.6. The zero-order chi connectivity index (χ0) is 36.7. The first-order chi connectivity index (χ1) is 23.1. The van der Waals surface area contributed by atoms with Gasteiger partial charge in [0, 0.05) is 0 Å². The summed E-state index contributed by atoms with van der Waals surface area (Å²) in [6, 6.07) is 22.9. The third-order valence-corrected chi connectivity index (χ3v) is 11.9. The first-order valence-corrected chi connectivity index (χ1v) is 19.8. The van der Waals surface area contributed by atoms with E-state index in [-0.39, 0.29) is 46.5 Å². The Labute approximate surface area is 345 Å². The Morgan fingerprint density at radius 2 is 1.19 bits per heavy atom. The minimum Gasteiger partial charge on any atom is -1.00 e. The number of benzene rings is 4. The van der Waals surface area contributed by atoms with Crippen LogP contribution in [0.1, 0.15) is 140 Å². The SMILES string of the molecule is Cc1ccc(C(c2cccc(Cl)c2)=c2c(C(C)(C)C)c(C(C)(C)C)c(C3=CC=CC3)c3c2=c2cc(C(C)(C)C)c(C(C)(C)C)cc2=[C]3[Zr+2])cc1.[Cl-].[Cl-].